The molecule has 22 heavy (non-hydrogen) atoms. The van der Waals surface area contributed by atoms with E-state index in [2.05, 4.69) is 5.32 Å². The third kappa shape index (κ3) is 9.00. The number of ether oxygens (including phenoxy) is 2. The number of rotatable bonds is 4. The van der Waals surface area contributed by atoms with Crippen molar-refractivity contribution in [3.8, 4) is 0 Å². The number of hydrogen-bond donors (Lipinski definition) is 1. The van der Waals surface area contributed by atoms with Crippen LogP contribution in [0.4, 0.5) is 4.79 Å². The summed E-state index contributed by atoms with van der Waals surface area (Å²) < 4.78 is 10.1. The lowest BCUT2D eigenvalue weighted by Crippen LogP contribution is -2.34. The highest BCUT2D eigenvalue weighted by Crippen LogP contribution is 2.06. The molecule has 0 radical (unpaired) electrons. The quantitative estimate of drug-likeness (QED) is 0.680. The first kappa shape index (κ1) is 20.0. The van der Waals surface area contributed by atoms with Crippen LogP contribution in [0.5, 0.6) is 0 Å². The summed E-state index contributed by atoms with van der Waals surface area (Å²) in [6, 6.07) is 7.10. The van der Waals surface area contributed by atoms with Crippen LogP contribution < -0.4 is 5.32 Å². The molecule has 0 aliphatic rings. The van der Waals surface area contributed by atoms with Crippen molar-refractivity contribution in [1.82, 2.24) is 5.32 Å². The highest BCUT2D eigenvalue weighted by molar-refractivity contribution is 5.89. The van der Waals surface area contributed by atoms with Crippen LogP contribution in [0.3, 0.4) is 0 Å². The number of nitrogens with one attached hydrogen (secondary N) is 1. The van der Waals surface area contributed by atoms with E-state index in [0.717, 1.165) is 5.56 Å². The molecule has 0 saturated heterocycles. The van der Waals surface area contributed by atoms with Crippen molar-refractivity contribution in [3.05, 3.63) is 35.4 Å². The molecule has 1 rings (SSSR count). The molecule has 0 spiro atoms. The van der Waals surface area contributed by atoms with Gasteiger partial charge in [-0.15, -0.1) is 0 Å². The van der Waals surface area contributed by atoms with Gasteiger partial charge < -0.3 is 14.8 Å². The van der Waals surface area contributed by atoms with Crippen molar-refractivity contribution >= 4 is 12.1 Å². The summed E-state index contributed by atoms with van der Waals surface area (Å²) >= 11 is 0. The molecule has 0 aliphatic heterocycles. The normalized spacial score (nSPS) is 10.1. The maximum absolute atomic E-state index is 11.7. The van der Waals surface area contributed by atoms with Crippen LogP contribution in [0.25, 0.3) is 0 Å². The van der Waals surface area contributed by atoms with E-state index in [9.17, 15) is 9.59 Å². The highest BCUT2D eigenvalue weighted by Gasteiger charge is 2.15. The summed E-state index contributed by atoms with van der Waals surface area (Å²) in [5.41, 5.74) is 1.03. The molecule has 5 nitrogen and oxygen atoms in total. The number of carbonyl (C=O) groups is 2. The Morgan fingerprint density at radius 3 is 2.14 bits per heavy atom. The van der Waals surface area contributed by atoms with Gasteiger partial charge >= 0.3 is 12.1 Å². The smallest absolute Gasteiger partial charge is 0.407 e. The number of aryl methyl sites for hydroxylation is 1. The second-order valence-corrected chi connectivity index (χ2v) is 5.43. The average Bonchev–Trinajstić information content (AvgIpc) is 2.44. The summed E-state index contributed by atoms with van der Waals surface area (Å²) in [7, 11) is 0. The number of esters is 1. The Balaban J connectivity index is 0.00000211. The molecule has 1 amide bonds. The molecule has 1 N–H and O–H groups in total. The van der Waals surface area contributed by atoms with Crippen LogP contribution in [0.1, 0.15) is 50.5 Å². The largest absolute Gasteiger partial charge is 0.460 e. The van der Waals surface area contributed by atoms with Crippen LogP contribution >= 0.6 is 0 Å². The van der Waals surface area contributed by atoms with E-state index >= 15 is 0 Å². The Bertz CT molecular complexity index is 461. The van der Waals surface area contributed by atoms with Crippen molar-refractivity contribution in [2.45, 2.75) is 47.1 Å². The molecular formula is C17H27NO4. The number of amides is 1. The molecular weight excluding hydrogens is 282 g/mol. The van der Waals surface area contributed by atoms with Crippen LogP contribution in [-0.2, 0) is 9.47 Å². The van der Waals surface area contributed by atoms with E-state index in [1.54, 1.807) is 32.9 Å². The molecule has 5 heteroatoms. The van der Waals surface area contributed by atoms with Gasteiger partial charge in [0.05, 0.1) is 12.1 Å². The monoisotopic (exact) mass is 309 g/mol. The fourth-order valence-corrected chi connectivity index (χ4v) is 1.38. The van der Waals surface area contributed by atoms with E-state index in [4.69, 9.17) is 9.47 Å². The molecule has 0 bridgehead atoms. The fraction of sp³-hybridized carbons (Fsp3) is 0.529. The number of alkyl carbamates (subject to hydrolysis) is 1. The third-order valence-corrected chi connectivity index (χ3v) is 2.29. The SMILES string of the molecule is CC.Cc1ccc(C(=O)OCCNC(=O)OC(C)(C)C)cc1. The average molecular weight is 309 g/mol. The van der Waals surface area contributed by atoms with Crippen LogP contribution in [0.2, 0.25) is 0 Å². The minimum atomic E-state index is -0.539. The Morgan fingerprint density at radius 2 is 1.64 bits per heavy atom. The minimum absolute atomic E-state index is 0.103. The highest BCUT2D eigenvalue weighted by atomic mass is 16.6. The summed E-state index contributed by atoms with van der Waals surface area (Å²) in [4.78, 5) is 23.0. The van der Waals surface area contributed by atoms with Gasteiger partial charge in [0.2, 0.25) is 0 Å². The van der Waals surface area contributed by atoms with Crippen molar-refractivity contribution in [3.63, 3.8) is 0 Å². The fourth-order valence-electron chi connectivity index (χ4n) is 1.38. The zero-order valence-electron chi connectivity index (χ0n) is 14.4. The predicted octanol–water partition coefficient (Wildman–Crippen LogP) is 3.70. The molecule has 0 heterocycles. The lowest BCUT2D eigenvalue weighted by Gasteiger charge is -2.19. The first-order valence-electron chi connectivity index (χ1n) is 7.48. The van der Waals surface area contributed by atoms with Crippen LogP contribution in [0.15, 0.2) is 24.3 Å². The predicted molar refractivity (Wildman–Crippen MR) is 87.0 cm³/mol. The van der Waals surface area contributed by atoms with E-state index in [1.807, 2.05) is 32.9 Å². The van der Waals surface area contributed by atoms with E-state index in [0.29, 0.717) is 5.56 Å². The molecule has 0 aliphatic carbocycles. The second-order valence-electron chi connectivity index (χ2n) is 5.43. The second kappa shape index (κ2) is 9.82. The molecule has 0 unspecified atom stereocenters. The summed E-state index contributed by atoms with van der Waals surface area (Å²) in [5.74, 6) is -0.406. The summed E-state index contributed by atoms with van der Waals surface area (Å²) in [6.45, 7) is 11.6. The molecule has 0 aromatic heterocycles. The first-order valence-corrected chi connectivity index (χ1v) is 7.48. The van der Waals surface area contributed by atoms with Gasteiger partial charge in [-0.25, -0.2) is 9.59 Å². The van der Waals surface area contributed by atoms with Crippen molar-refractivity contribution in [1.29, 1.82) is 0 Å². The minimum Gasteiger partial charge on any atom is -0.460 e. The third-order valence-electron chi connectivity index (χ3n) is 2.29. The maximum atomic E-state index is 11.7. The molecule has 0 atom stereocenters. The van der Waals surface area contributed by atoms with E-state index < -0.39 is 17.7 Å². The molecule has 124 valence electrons. The number of carbonyl (C=O) groups excluding carboxylic acids is 2. The Hall–Kier alpha value is -2.04. The van der Waals surface area contributed by atoms with Gasteiger partial charge in [0, 0.05) is 0 Å². The maximum Gasteiger partial charge on any atom is 0.407 e. The number of benzene rings is 1. The lowest BCUT2D eigenvalue weighted by molar-refractivity contribution is 0.0433. The number of hydrogen-bond acceptors (Lipinski definition) is 4. The van der Waals surface area contributed by atoms with E-state index in [-0.39, 0.29) is 13.2 Å². The Kier molecular flexibility index (Phi) is 8.91. The molecule has 1 aromatic rings. The van der Waals surface area contributed by atoms with Gasteiger partial charge in [0.1, 0.15) is 12.2 Å². The molecule has 0 saturated carbocycles. The lowest BCUT2D eigenvalue weighted by atomic mass is 10.1. The zero-order valence-corrected chi connectivity index (χ0v) is 14.4. The van der Waals surface area contributed by atoms with Crippen molar-refractivity contribution in [2.75, 3.05) is 13.2 Å². The van der Waals surface area contributed by atoms with E-state index in [1.165, 1.54) is 0 Å². The van der Waals surface area contributed by atoms with Crippen molar-refractivity contribution in [2.24, 2.45) is 0 Å². The standard InChI is InChI=1S/C15H21NO4.C2H6/c1-11-5-7-12(8-6-11)13(17)19-10-9-16-14(18)20-15(2,3)4;1-2/h5-8H,9-10H2,1-4H3,(H,16,18);1-2H3. The van der Waals surface area contributed by atoms with Gasteiger partial charge in [-0.1, -0.05) is 31.5 Å². The van der Waals surface area contributed by atoms with Gasteiger partial charge in [-0.05, 0) is 39.8 Å². The molecule has 1 aromatic carbocycles. The van der Waals surface area contributed by atoms with Gasteiger partial charge in [-0.2, -0.15) is 0 Å². The van der Waals surface area contributed by atoms with Crippen LogP contribution in [-0.4, -0.2) is 30.8 Å². The first-order chi connectivity index (χ1) is 10.3. The van der Waals surface area contributed by atoms with Gasteiger partial charge in [-0.3, -0.25) is 0 Å². The Labute approximate surface area is 133 Å². The Morgan fingerprint density at radius 1 is 1.09 bits per heavy atom. The van der Waals surface area contributed by atoms with Crippen molar-refractivity contribution < 1.29 is 19.1 Å². The topological polar surface area (TPSA) is 64.6 Å². The zero-order chi connectivity index (χ0) is 17.2. The molecule has 0 fully saturated rings. The van der Waals surface area contributed by atoms with Gasteiger partial charge in [0.15, 0.2) is 0 Å². The van der Waals surface area contributed by atoms with Crippen LogP contribution in [0, 0.1) is 6.92 Å². The summed E-state index contributed by atoms with van der Waals surface area (Å²) in [6.07, 6.45) is -0.524. The summed E-state index contributed by atoms with van der Waals surface area (Å²) in [5, 5.41) is 2.52. The van der Waals surface area contributed by atoms with Gasteiger partial charge in [0.25, 0.3) is 0 Å².